The average Bonchev–Trinajstić information content (AvgIpc) is 2.68. The highest BCUT2D eigenvalue weighted by molar-refractivity contribution is 5.73. The molecule has 0 spiro atoms. The zero-order chi connectivity index (χ0) is 14.5. The zero-order valence-corrected chi connectivity index (χ0v) is 11.9. The minimum Gasteiger partial charge on any atom is -0.480 e. The van der Waals surface area contributed by atoms with Crippen LogP contribution in [0.4, 0.5) is 4.39 Å². The van der Waals surface area contributed by atoms with Gasteiger partial charge in [0.1, 0.15) is 11.9 Å². The van der Waals surface area contributed by atoms with E-state index in [9.17, 15) is 14.3 Å². The summed E-state index contributed by atoms with van der Waals surface area (Å²) in [6.07, 6.45) is 4.33. The largest absolute Gasteiger partial charge is 0.480 e. The highest BCUT2D eigenvalue weighted by Gasteiger charge is 2.33. The zero-order valence-electron chi connectivity index (χ0n) is 11.9. The number of benzene rings is 1. The Morgan fingerprint density at radius 2 is 2.15 bits per heavy atom. The molecule has 1 aromatic carbocycles. The van der Waals surface area contributed by atoms with E-state index in [2.05, 4.69) is 0 Å². The van der Waals surface area contributed by atoms with Gasteiger partial charge in [0.15, 0.2) is 0 Å². The van der Waals surface area contributed by atoms with Crippen molar-refractivity contribution >= 4 is 5.97 Å². The van der Waals surface area contributed by atoms with E-state index in [1.807, 2.05) is 17.9 Å². The first-order chi connectivity index (χ1) is 9.65. The quantitative estimate of drug-likeness (QED) is 0.915. The van der Waals surface area contributed by atoms with Crippen molar-refractivity contribution in [2.75, 3.05) is 6.54 Å². The molecule has 1 aliphatic heterocycles. The molecule has 0 bridgehead atoms. The van der Waals surface area contributed by atoms with Crippen molar-refractivity contribution in [2.24, 2.45) is 0 Å². The molecule has 4 heteroatoms. The molecule has 110 valence electrons. The smallest absolute Gasteiger partial charge is 0.320 e. The van der Waals surface area contributed by atoms with E-state index >= 15 is 0 Å². The van der Waals surface area contributed by atoms with E-state index in [0.29, 0.717) is 18.4 Å². The van der Waals surface area contributed by atoms with E-state index in [1.165, 1.54) is 6.07 Å². The molecule has 0 saturated carbocycles. The predicted molar refractivity (Wildman–Crippen MR) is 76.0 cm³/mol. The van der Waals surface area contributed by atoms with Crippen LogP contribution >= 0.6 is 0 Å². The van der Waals surface area contributed by atoms with Crippen molar-refractivity contribution in [3.8, 4) is 0 Å². The van der Waals surface area contributed by atoms with Gasteiger partial charge in [0.25, 0.3) is 0 Å². The first-order valence-corrected chi connectivity index (χ1v) is 7.38. The number of carboxylic acid groups (broad SMARTS) is 1. The van der Waals surface area contributed by atoms with Gasteiger partial charge in [0.2, 0.25) is 0 Å². The number of rotatable bonds is 4. The van der Waals surface area contributed by atoms with Crippen molar-refractivity contribution in [2.45, 2.75) is 51.1 Å². The molecule has 1 saturated heterocycles. The van der Waals surface area contributed by atoms with Gasteiger partial charge in [-0.3, -0.25) is 9.69 Å². The molecule has 1 heterocycles. The molecule has 0 amide bonds. The Morgan fingerprint density at radius 1 is 1.40 bits per heavy atom. The first kappa shape index (κ1) is 15.0. The second-order valence-electron chi connectivity index (χ2n) is 5.39. The Hall–Kier alpha value is -1.42. The van der Waals surface area contributed by atoms with E-state index in [-0.39, 0.29) is 11.9 Å². The van der Waals surface area contributed by atoms with Crippen LogP contribution in [0.25, 0.3) is 0 Å². The Kier molecular flexibility index (Phi) is 5.12. The predicted octanol–water partition coefficient (Wildman–Crippen LogP) is 3.61. The third kappa shape index (κ3) is 3.18. The number of carbonyl (C=O) groups is 1. The van der Waals surface area contributed by atoms with Crippen molar-refractivity contribution in [1.82, 2.24) is 4.90 Å². The summed E-state index contributed by atoms with van der Waals surface area (Å²) in [5, 5.41) is 9.46. The first-order valence-electron chi connectivity index (χ1n) is 7.38. The molecule has 2 unspecified atom stereocenters. The van der Waals surface area contributed by atoms with Crippen molar-refractivity contribution in [3.63, 3.8) is 0 Å². The minimum absolute atomic E-state index is 0.157. The fourth-order valence-corrected chi connectivity index (χ4v) is 3.15. The number of likely N-dealkylation sites (tertiary alicyclic amines) is 1. The van der Waals surface area contributed by atoms with E-state index in [1.54, 1.807) is 12.1 Å². The molecule has 2 atom stereocenters. The maximum absolute atomic E-state index is 14.0. The molecule has 0 radical (unpaired) electrons. The summed E-state index contributed by atoms with van der Waals surface area (Å²) in [7, 11) is 0. The number of halogens is 1. The van der Waals surface area contributed by atoms with Gasteiger partial charge < -0.3 is 5.11 Å². The number of hydrogen-bond donors (Lipinski definition) is 1. The molecule has 1 aliphatic rings. The van der Waals surface area contributed by atoms with Crippen LogP contribution in [0.3, 0.4) is 0 Å². The van der Waals surface area contributed by atoms with E-state index in [4.69, 9.17) is 0 Å². The standard InChI is InChI=1S/C16H22FNO2/c1-2-14(12-8-5-6-9-13(12)17)18-11-7-3-4-10-15(18)16(19)20/h5-6,8-9,14-15H,2-4,7,10-11H2,1H3,(H,19,20). The summed E-state index contributed by atoms with van der Waals surface area (Å²) in [4.78, 5) is 13.5. The summed E-state index contributed by atoms with van der Waals surface area (Å²) in [6.45, 7) is 2.71. The third-order valence-corrected chi connectivity index (χ3v) is 4.13. The molecule has 3 nitrogen and oxygen atoms in total. The lowest BCUT2D eigenvalue weighted by molar-refractivity contribution is -0.144. The van der Waals surface area contributed by atoms with Crippen LogP contribution in [-0.2, 0) is 4.79 Å². The third-order valence-electron chi connectivity index (χ3n) is 4.13. The minimum atomic E-state index is -0.790. The second kappa shape index (κ2) is 6.84. The monoisotopic (exact) mass is 279 g/mol. The van der Waals surface area contributed by atoms with Gasteiger partial charge in [-0.2, -0.15) is 0 Å². The molecule has 1 N–H and O–H groups in total. The van der Waals surface area contributed by atoms with Gasteiger partial charge in [-0.25, -0.2) is 4.39 Å². The van der Waals surface area contributed by atoms with Crippen LogP contribution in [0.15, 0.2) is 24.3 Å². The Morgan fingerprint density at radius 3 is 2.80 bits per heavy atom. The summed E-state index contributed by atoms with van der Waals surface area (Å²) >= 11 is 0. The number of carboxylic acids is 1. The number of aliphatic carboxylic acids is 1. The van der Waals surface area contributed by atoms with Crippen LogP contribution in [0.5, 0.6) is 0 Å². The molecule has 0 aliphatic carbocycles. The Labute approximate surface area is 119 Å². The summed E-state index contributed by atoms with van der Waals surface area (Å²) < 4.78 is 14.0. The molecule has 20 heavy (non-hydrogen) atoms. The summed E-state index contributed by atoms with van der Waals surface area (Å²) in [5.74, 6) is -1.03. The average molecular weight is 279 g/mol. The van der Waals surface area contributed by atoms with Crippen molar-refractivity contribution < 1.29 is 14.3 Å². The van der Waals surface area contributed by atoms with E-state index in [0.717, 1.165) is 25.8 Å². The van der Waals surface area contributed by atoms with E-state index < -0.39 is 12.0 Å². The molecular formula is C16H22FNO2. The maximum atomic E-state index is 14.0. The van der Waals surface area contributed by atoms with Crippen molar-refractivity contribution in [3.05, 3.63) is 35.6 Å². The normalized spacial score (nSPS) is 22.2. The van der Waals surface area contributed by atoms with Gasteiger partial charge in [-0.05, 0) is 31.9 Å². The Balaban J connectivity index is 2.32. The van der Waals surface area contributed by atoms with Gasteiger partial charge in [-0.1, -0.05) is 38.0 Å². The van der Waals surface area contributed by atoms with Crippen LogP contribution < -0.4 is 0 Å². The summed E-state index contributed by atoms with van der Waals surface area (Å²) in [6, 6.07) is 6.05. The lowest BCUT2D eigenvalue weighted by atomic mass is 9.99. The highest BCUT2D eigenvalue weighted by Crippen LogP contribution is 2.31. The van der Waals surface area contributed by atoms with Gasteiger partial charge in [0, 0.05) is 11.6 Å². The lowest BCUT2D eigenvalue weighted by Crippen LogP contribution is -2.43. The van der Waals surface area contributed by atoms with Gasteiger partial charge >= 0.3 is 5.97 Å². The maximum Gasteiger partial charge on any atom is 0.320 e. The molecule has 2 rings (SSSR count). The van der Waals surface area contributed by atoms with Gasteiger partial charge in [0.05, 0.1) is 0 Å². The SMILES string of the molecule is CCC(c1ccccc1F)N1CCCCCC1C(=O)O. The number of nitrogens with zero attached hydrogens (tertiary/aromatic N) is 1. The van der Waals surface area contributed by atoms with Crippen molar-refractivity contribution in [1.29, 1.82) is 0 Å². The number of hydrogen-bond acceptors (Lipinski definition) is 2. The molecule has 1 aromatic rings. The van der Waals surface area contributed by atoms with Crippen LogP contribution in [-0.4, -0.2) is 28.6 Å². The fourth-order valence-electron chi connectivity index (χ4n) is 3.15. The topological polar surface area (TPSA) is 40.5 Å². The Bertz CT molecular complexity index is 464. The molecule has 1 fully saturated rings. The van der Waals surface area contributed by atoms with Crippen LogP contribution in [0.2, 0.25) is 0 Å². The fraction of sp³-hybridized carbons (Fsp3) is 0.562. The highest BCUT2D eigenvalue weighted by atomic mass is 19.1. The second-order valence-corrected chi connectivity index (χ2v) is 5.39. The van der Waals surface area contributed by atoms with Crippen LogP contribution in [0, 0.1) is 5.82 Å². The summed E-state index contributed by atoms with van der Waals surface area (Å²) in [5.41, 5.74) is 0.614. The molecular weight excluding hydrogens is 257 g/mol. The van der Waals surface area contributed by atoms with Crippen LogP contribution in [0.1, 0.15) is 50.6 Å². The molecule has 0 aromatic heterocycles. The lowest BCUT2D eigenvalue weighted by Gasteiger charge is -2.34. The van der Waals surface area contributed by atoms with Gasteiger partial charge in [-0.15, -0.1) is 0 Å².